The van der Waals surface area contributed by atoms with Crippen molar-refractivity contribution in [3.8, 4) is 6.07 Å². The summed E-state index contributed by atoms with van der Waals surface area (Å²) < 4.78 is 0. The third-order valence-corrected chi connectivity index (χ3v) is 2.27. The molecule has 0 aliphatic rings. The molecular weight excluding hydrogens is 200 g/mol. The number of nitrogens with one attached hydrogen (secondary N) is 1. The second-order valence-electron chi connectivity index (χ2n) is 4.71. The van der Waals surface area contributed by atoms with Crippen molar-refractivity contribution in [2.75, 3.05) is 5.32 Å². The molecule has 0 fully saturated rings. The van der Waals surface area contributed by atoms with Gasteiger partial charge >= 0.3 is 0 Å². The van der Waals surface area contributed by atoms with Crippen LogP contribution in [0.15, 0.2) is 24.3 Å². The summed E-state index contributed by atoms with van der Waals surface area (Å²) in [5.74, 6) is -0.272. The van der Waals surface area contributed by atoms with Gasteiger partial charge in [0.2, 0.25) is 5.91 Å². The van der Waals surface area contributed by atoms with Gasteiger partial charge in [-0.2, -0.15) is 5.26 Å². The van der Waals surface area contributed by atoms with Crippen LogP contribution in [0.2, 0.25) is 0 Å². The summed E-state index contributed by atoms with van der Waals surface area (Å²) in [7, 11) is 0. The van der Waals surface area contributed by atoms with Crippen molar-refractivity contribution in [2.24, 2.45) is 0 Å². The topological polar surface area (TPSA) is 52.9 Å². The van der Waals surface area contributed by atoms with Crippen LogP contribution in [0, 0.1) is 11.3 Å². The normalized spacial score (nSPS) is 10.6. The molecule has 1 rings (SSSR count). The highest BCUT2D eigenvalue weighted by molar-refractivity contribution is 5.91. The van der Waals surface area contributed by atoms with Crippen LogP contribution in [0.4, 0.5) is 5.69 Å². The molecule has 0 unspecified atom stereocenters. The molecule has 3 heteroatoms. The first-order valence-corrected chi connectivity index (χ1v) is 5.21. The van der Waals surface area contributed by atoms with Crippen molar-refractivity contribution in [2.45, 2.75) is 32.6 Å². The molecular formula is C13H16N2O. The Morgan fingerprint density at radius 2 is 1.88 bits per heavy atom. The van der Waals surface area contributed by atoms with E-state index in [1.165, 1.54) is 5.56 Å². The maximum atomic E-state index is 11.2. The van der Waals surface area contributed by atoms with Crippen LogP contribution in [0.5, 0.6) is 0 Å². The largest absolute Gasteiger partial charge is 0.325 e. The molecule has 0 spiro atoms. The Kier molecular flexibility index (Phi) is 3.68. The SMILES string of the molecule is CC(C)(C)c1ccc(NC(=O)CC#N)cc1. The highest BCUT2D eigenvalue weighted by atomic mass is 16.1. The first-order chi connectivity index (χ1) is 7.43. The first-order valence-electron chi connectivity index (χ1n) is 5.21. The number of rotatable bonds is 2. The van der Waals surface area contributed by atoms with E-state index < -0.39 is 0 Å². The Labute approximate surface area is 96.1 Å². The van der Waals surface area contributed by atoms with Crippen LogP contribution in [0.3, 0.4) is 0 Å². The van der Waals surface area contributed by atoms with Crippen LogP contribution < -0.4 is 5.32 Å². The minimum absolute atomic E-state index is 0.106. The lowest BCUT2D eigenvalue weighted by Gasteiger charge is -2.19. The number of carbonyl (C=O) groups excluding carboxylic acids is 1. The van der Waals surface area contributed by atoms with Crippen LogP contribution in [-0.2, 0) is 10.2 Å². The Hall–Kier alpha value is -1.82. The van der Waals surface area contributed by atoms with E-state index in [0.29, 0.717) is 0 Å². The zero-order chi connectivity index (χ0) is 12.2. The van der Waals surface area contributed by atoms with Gasteiger partial charge in [-0.3, -0.25) is 4.79 Å². The molecule has 0 bridgehead atoms. The van der Waals surface area contributed by atoms with Gasteiger partial charge in [0.25, 0.3) is 0 Å². The van der Waals surface area contributed by atoms with Crippen molar-refractivity contribution in [1.82, 2.24) is 0 Å². The van der Waals surface area contributed by atoms with E-state index in [1.54, 1.807) is 0 Å². The summed E-state index contributed by atoms with van der Waals surface area (Å²) in [6.45, 7) is 6.41. The highest BCUT2D eigenvalue weighted by Crippen LogP contribution is 2.23. The highest BCUT2D eigenvalue weighted by Gasteiger charge is 2.12. The summed E-state index contributed by atoms with van der Waals surface area (Å²) in [6, 6.07) is 9.50. The van der Waals surface area contributed by atoms with Gasteiger partial charge in [0, 0.05) is 5.69 Å². The molecule has 0 aliphatic heterocycles. The van der Waals surface area contributed by atoms with E-state index >= 15 is 0 Å². The van der Waals surface area contributed by atoms with E-state index in [2.05, 4.69) is 26.1 Å². The Bertz CT molecular complexity index is 407. The number of benzene rings is 1. The second kappa shape index (κ2) is 4.80. The fraction of sp³-hybridized carbons (Fsp3) is 0.385. The minimum atomic E-state index is -0.272. The van der Waals surface area contributed by atoms with Gasteiger partial charge in [0.1, 0.15) is 6.42 Å². The van der Waals surface area contributed by atoms with Gasteiger partial charge in [0.15, 0.2) is 0 Å². The number of carbonyl (C=O) groups is 1. The number of hydrogen-bond donors (Lipinski definition) is 1. The number of nitrogens with zero attached hydrogens (tertiary/aromatic N) is 1. The minimum Gasteiger partial charge on any atom is -0.325 e. The predicted octanol–water partition coefficient (Wildman–Crippen LogP) is 2.84. The fourth-order valence-corrected chi connectivity index (χ4v) is 1.33. The molecule has 0 aliphatic carbocycles. The molecule has 1 amide bonds. The van der Waals surface area contributed by atoms with Crippen LogP contribution in [-0.4, -0.2) is 5.91 Å². The Balaban J connectivity index is 2.73. The lowest BCUT2D eigenvalue weighted by molar-refractivity contribution is -0.115. The van der Waals surface area contributed by atoms with E-state index in [-0.39, 0.29) is 17.7 Å². The average molecular weight is 216 g/mol. The van der Waals surface area contributed by atoms with Crippen molar-refractivity contribution in [1.29, 1.82) is 5.26 Å². The molecule has 0 saturated heterocycles. The van der Waals surface area contributed by atoms with Crippen molar-refractivity contribution in [3.63, 3.8) is 0 Å². The summed E-state index contributed by atoms with van der Waals surface area (Å²) in [5.41, 5.74) is 2.05. The number of anilines is 1. The lowest BCUT2D eigenvalue weighted by Crippen LogP contribution is -2.12. The molecule has 0 aromatic heterocycles. The summed E-state index contributed by atoms with van der Waals surface area (Å²) in [6.07, 6.45) is -0.110. The number of amides is 1. The summed E-state index contributed by atoms with van der Waals surface area (Å²) in [5, 5.41) is 11.0. The van der Waals surface area contributed by atoms with E-state index in [1.807, 2.05) is 30.3 Å². The smallest absolute Gasteiger partial charge is 0.238 e. The summed E-state index contributed by atoms with van der Waals surface area (Å²) >= 11 is 0. The van der Waals surface area contributed by atoms with Crippen molar-refractivity contribution in [3.05, 3.63) is 29.8 Å². The third kappa shape index (κ3) is 3.39. The Morgan fingerprint density at radius 1 is 1.31 bits per heavy atom. The molecule has 1 N–H and O–H groups in total. The molecule has 1 aromatic rings. The van der Waals surface area contributed by atoms with E-state index in [4.69, 9.17) is 5.26 Å². The second-order valence-corrected chi connectivity index (χ2v) is 4.71. The molecule has 0 saturated carbocycles. The van der Waals surface area contributed by atoms with Crippen LogP contribution in [0.25, 0.3) is 0 Å². The van der Waals surface area contributed by atoms with Gasteiger partial charge in [-0.1, -0.05) is 32.9 Å². The van der Waals surface area contributed by atoms with E-state index in [0.717, 1.165) is 5.69 Å². The molecule has 3 nitrogen and oxygen atoms in total. The van der Waals surface area contributed by atoms with Crippen molar-refractivity contribution < 1.29 is 4.79 Å². The molecule has 0 atom stereocenters. The van der Waals surface area contributed by atoms with Gasteiger partial charge in [0.05, 0.1) is 6.07 Å². The zero-order valence-corrected chi connectivity index (χ0v) is 9.87. The quantitative estimate of drug-likeness (QED) is 0.826. The van der Waals surface area contributed by atoms with Gasteiger partial charge < -0.3 is 5.32 Å². The standard InChI is InChI=1S/C13H16N2O/c1-13(2,3)10-4-6-11(7-5-10)15-12(16)8-9-14/h4-7H,8H2,1-3H3,(H,15,16). The molecule has 1 aromatic carbocycles. The fourth-order valence-electron chi connectivity index (χ4n) is 1.33. The molecule has 16 heavy (non-hydrogen) atoms. The van der Waals surface area contributed by atoms with Gasteiger partial charge in [-0.05, 0) is 23.1 Å². The van der Waals surface area contributed by atoms with Crippen LogP contribution >= 0.6 is 0 Å². The average Bonchev–Trinajstić information content (AvgIpc) is 2.17. The summed E-state index contributed by atoms with van der Waals surface area (Å²) in [4.78, 5) is 11.2. The molecule has 84 valence electrons. The monoisotopic (exact) mass is 216 g/mol. The van der Waals surface area contributed by atoms with Gasteiger partial charge in [-0.15, -0.1) is 0 Å². The molecule has 0 radical (unpaired) electrons. The van der Waals surface area contributed by atoms with Crippen LogP contribution in [0.1, 0.15) is 32.8 Å². The van der Waals surface area contributed by atoms with Gasteiger partial charge in [-0.25, -0.2) is 0 Å². The number of hydrogen-bond acceptors (Lipinski definition) is 2. The first kappa shape index (κ1) is 12.3. The van der Waals surface area contributed by atoms with Crippen molar-refractivity contribution >= 4 is 11.6 Å². The molecule has 0 heterocycles. The lowest BCUT2D eigenvalue weighted by atomic mass is 9.87. The predicted molar refractivity (Wildman–Crippen MR) is 64.0 cm³/mol. The maximum absolute atomic E-state index is 11.2. The van der Waals surface area contributed by atoms with E-state index in [9.17, 15) is 4.79 Å². The maximum Gasteiger partial charge on any atom is 0.238 e. The third-order valence-electron chi connectivity index (χ3n) is 2.27. The zero-order valence-electron chi connectivity index (χ0n) is 9.87. The Morgan fingerprint density at radius 3 is 2.31 bits per heavy atom. The number of nitriles is 1.